The zero-order valence-corrected chi connectivity index (χ0v) is 12.8. The van der Waals surface area contributed by atoms with Crippen LogP contribution in [0.2, 0.25) is 0 Å². The van der Waals surface area contributed by atoms with Gasteiger partial charge in [-0.25, -0.2) is 0 Å². The number of carboxylic acid groups (broad SMARTS) is 2. The highest BCUT2D eigenvalue weighted by molar-refractivity contribution is 5.68. The van der Waals surface area contributed by atoms with E-state index < -0.39 is 24.0 Å². The van der Waals surface area contributed by atoms with E-state index in [2.05, 4.69) is 9.97 Å². The van der Waals surface area contributed by atoms with Crippen molar-refractivity contribution in [2.75, 3.05) is 0 Å². The Morgan fingerprint density at radius 1 is 0.875 bits per heavy atom. The van der Waals surface area contributed by atoms with Crippen molar-refractivity contribution in [3.8, 4) is 11.4 Å². The molecule has 2 atom stereocenters. The standard InChI is InChI=1S/C16H18N4O4/c17-11(7-15(21)22)9-1-3-19-13(5-9)14-6-10(2-4-20-14)12(18)8-16(23)24/h1-6,11-12H,7-8,17-18H2,(H,21,22)(H,23,24). The minimum absolute atomic E-state index is 0.194. The summed E-state index contributed by atoms with van der Waals surface area (Å²) in [4.78, 5) is 30.0. The maximum atomic E-state index is 10.8. The van der Waals surface area contributed by atoms with Crippen LogP contribution in [0.5, 0.6) is 0 Å². The molecule has 8 heteroatoms. The van der Waals surface area contributed by atoms with Crippen molar-refractivity contribution in [1.82, 2.24) is 9.97 Å². The van der Waals surface area contributed by atoms with Crippen LogP contribution in [0.3, 0.4) is 0 Å². The molecule has 0 saturated carbocycles. The second-order valence-electron chi connectivity index (χ2n) is 5.36. The van der Waals surface area contributed by atoms with Gasteiger partial charge >= 0.3 is 11.9 Å². The van der Waals surface area contributed by atoms with Gasteiger partial charge in [0, 0.05) is 24.5 Å². The second kappa shape index (κ2) is 7.62. The van der Waals surface area contributed by atoms with Crippen molar-refractivity contribution in [2.45, 2.75) is 24.9 Å². The molecule has 2 rings (SSSR count). The maximum absolute atomic E-state index is 10.8. The lowest BCUT2D eigenvalue weighted by Gasteiger charge is -2.12. The van der Waals surface area contributed by atoms with Gasteiger partial charge in [0.15, 0.2) is 0 Å². The zero-order valence-electron chi connectivity index (χ0n) is 12.8. The third-order valence-electron chi connectivity index (χ3n) is 3.48. The number of pyridine rings is 2. The molecule has 24 heavy (non-hydrogen) atoms. The fraction of sp³-hybridized carbons (Fsp3) is 0.250. The molecule has 0 aliphatic rings. The van der Waals surface area contributed by atoms with E-state index in [0.717, 1.165) is 0 Å². The van der Waals surface area contributed by atoms with Gasteiger partial charge in [0.25, 0.3) is 0 Å². The van der Waals surface area contributed by atoms with Gasteiger partial charge < -0.3 is 21.7 Å². The Morgan fingerprint density at radius 2 is 1.25 bits per heavy atom. The molecule has 0 aromatic carbocycles. The van der Waals surface area contributed by atoms with Gasteiger partial charge in [0.2, 0.25) is 0 Å². The summed E-state index contributed by atoms with van der Waals surface area (Å²) in [5.41, 5.74) is 14.0. The predicted octanol–water partition coefficient (Wildman–Crippen LogP) is 1.09. The van der Waals surface area contributed by atoms with Gasteiger partial charge in [-0.2, -0.15) is 0 Å². The first kappa shape index (κ1) is 17.5. The molecule has 2 aromatic rings. The summed E-state index contributed by atoms with van der Waals surface area (Å²) in [6, 6.07) is 5.34. The molecule has 0 radical (unpaired) electrons. The number of carbonyl (C=O) groups is 2. The van der Waals surface area contributed by atoms with Crippen LogP contribution in [-0.4, -0.2) is 32.1 Å². The Bertz CT molecular complexity index is 687. The van der Waals surface area contributed by atoms with Crippen LogP contribution in [0.15, 0.2) is 36.7 Å². The maximum Gasteiger partial charge on any atom is 0.305 e. The lowest BCUT2D eigenvalue weighted by molar-refractivity contribution is -0.138. The average molecular weight is 330 g/mol. The quantitative estimate of drug-likeness (QED) is 0.588. The highest BCUT2D eigenvalue weighted by Gasteiger charge is 2.14. The third kappa shape index (κ3) is 4.58. The molecule has 0 aliphatic heterocycles. The number of hydrogen-bond donors (Lipinski definition) is 4. The van der Waals surface area contributed by atoms with Crippen LogP contribution < -0.4 is 11.5 Å². The van der Waals surface area contributed by atoms with Crippen molar-refractivity contribution >= 4 is 11.9 Å². The van der Waals surface area contributed by atoms with E-state index >= 15 is 0 Å². The summed E-state index contributed by atoms with van der Waals surface area (Å²) in [7, 11) is 0. The topological polar surface area (TPSA) is 152 Å². The van der Waals surface area contributed by atoms with Crippen LogP contribution in [-0.2, 0) is 9.59 Å². The van der Waals surface area contributed by atoms with E-state index in [9.17, 15) is 9.59 Å². The van der Waals surface area contributed by atoms with Gasteiger partial charge in [0.05, 0.1) is 24.2 Å². The first-order chi connectivity index (χ1) is 11.4. The molecule has 6 N–H and O–H groups in total. The van der Waals surface area contributed by atoms with Gasteiger partial charge in [0.1, 0.15) is 0 Å². The highest BCUT2D eigenvalue weighted by atomic mass is 16.4. The second-order valence-corrected chi connectivity index (χ2v) is 5.36. The molecular formula is C16H18N4O4. The number of nitrogens with two attached hydrogens (primary N) is 2. The number of hydrogen-bond acceptors (Lipinski definition) is 6. The number of nitrogens with zero attached hydrogens (tertiary/aromatic N) is 2. The molecular weight excluding hydrogens is 312 g/mol. The van der Waals surface area contributed by atoms with Crippen LogP contribution in [0.1, 0.15) is 36.1 Å². The Morgan fingerprint density at radius 3 is 1.58 bits per heavy atom. The zero-order chi connectivity index (χ0) is 17.7. The van der Waals surface area contributed by atoms with Crippen molar-refractivity contribution < 1.29 is 19.8 Å². The minimum Gasteiger partial charge on any atom is -0.481 e. The number of carboxylic acids is 2. The number of rotatable bonds is 7. The molecule has 2 heterocycles. The van der Waals surface area contributed by atoms with E-state index in [-0.39, 0.29) is 12.8 Å². The summed E-state index contributed by atoms with van der Waals surface area (Å²) in [6.45, 7) is 0. The van der Waals surface area contributed by atoms with E-state index in [1.807, 2.05) is 0 Å². The van der Waals surface area contributed by atoms with E-state index in [1.54, 1.807) is 24.3 Å². The minimum atomic E-state index is -0.986. The first-order valence-corrected chi connectivity index (χ1v) is 7.24. The molecule has 0 saturated heterocycles. The number of aromatic nitrogens is 2. The van der Waals surface area contributed by atoms with Crippen molar-refractivity contribution in [3.63, 3.8) is 0 Å². The molecule has 2 aromatic heterocycles. The molecule has 8 nitrogen and oxygen atoms in total. The van der Waals surface area contributed by atoms with Crippen molar-refractivity contribution in [2.24, 2.45) is 11.5 Å². The number of aliphatic carboxylic acids is 2. The Labute approximate surface area is 138 Å². The fourth-order valence-corrected chi connectivity index (χ4v) is 2.25. The summed E-state index contributed by atoms with van der Waals surface area (Å²) in [5, 5.41) is 17.7. The third-order valence-corrected chi connectivity index (χ3v) is 3.48. The smallest absolute Gasteiger partial charge is 0.305 e. The Balaban J connectivity index is 2.28. The summed E-state index contributed by atoms with van der Waals surface area (Å²) in [6.07, 6.45) is 2.66. The predicted molar refractivity (Wildman–Crippen MR) is 85.8 cm³/mol. The molecule has 0 aliphatic carbocycles. The van der Waals surface area contributed by atoms with E-state index in [1.165, 1.54) is 12.4 Å². The Kier molecular flexibility index (Phi) is 5.56. The van der Waals surface area contributed by atoms with Gasteiger partial charge in [-0.3, -0.25) is 19.6 Å². The summed E-state index contributed by atoms with van der Waals surface area (Å²) >= 11 is 0. The lowest BCUT2D eigenvalue weighted by Crippen LogP contribution is -2.15. The lowest BCUT2D eigenvalue weighted by atomic mass is 10.0. The van der Waals surface area contributed by atoms with Gasteiger partial charge in [-0.15, -0.1) is 0 Å². The largest absolute Gasteiger partial charge is 0.481 e. The van der Waals surface area contributed by atoms with Gasteiger partial charge in [-0.05, 0) is 35.4 Å². The molecule has 0 amide bonds. The molecule has 126 valence electrons. The average Bonchev–Trinajstić information content (AvgIpc) is 2.54. The van der Waals surface area contributed by atoms with Crippen LogP contribution >= 0.6 is 0 Å². The van der Waals surface area contributed by atoms with Crippen molar-refractivity contribution in [3.05, 3.63) is 47.8 Å². The fourth-order valence-electron chi connectivity index (χ4n) is 2.25. The molecule has 0 spiro atoms. The van der Waals surface area contributed by atoms with Crippen LogP contribution in [0.4, 0.5) is 0 Å². The van der Waals surface area contributed by atoms with Gasteiger partial charge in [-0.1, -0.05) is 0 Å². The first-order valence-electron chi connectivity index (χ1n) is 7.24. The van der Waals surface area contributed by atoms with Crippen molar-refractivity contribution in [1.29, 1.82) is 0 Å². The monoisotopic (exact) mass is 330 g/mol. The SMILES string of the molecule is NC(CC(=O)O)c1ccnc(-c2cc(C(N)CC(=O)O)ccn2)c1. The molecule has 0 bridgehead atoms. The molecule has 0 fully saturated rings. The molecule has 2 unspecified atom stereocenters. The van der Waals surface area contributed by atoms with E-state index in [0.29, 0.717) is 22.5 Å². The highest BCUT2D eigenvalue weighted by Crippen LogP contribution is 2.23. The van der Waals surface area contributed by atoms with E-state index in [4.69, 9.17) is 21.7 Å². The summed E-state index contributed by atoms with van der Waals surface area (Å²) in [5.74, 6) is -1.97. The normalized spacial score (nSPS) is 13.2. The van der Waals surface area contributed by atoms with Crippen LogP contribution in [0.25, 0.3) is 11.4 Å². The Hall–Kier alpha value is -2.84. The summed E-state index contributed by atoms with van der Waals surface area (Å²) < 4.78 is 0. The van der Waals surface area contributed by atoms with Crippen LogP contribution in [0, 0.1) is 0 Å².